The van der Waals surface area contributed by atoms with E-state index in [2.05, 4.69) is 22.1 Å². The molecule has 0 bridgehead atoms. The Balaban J connectivity index is 1.62. The summed E-state index contributed by atoms with van der Waals surface area (Å²) in [5.41, 5.74) is 1.47. The number of anilines is 1. The minimum Gasteiger partial charge on any atom is -0.497 e. The van der Waals surface area contributed by atoms with E-state index in [0.29, 0.717) is 29.1 Å². The van der Waals surface area contributed by atoms with Gasteiger partial charge in [0, 0.05) is 34.7 Å². The third-order valence-corrected chi connectivity index (χ3v) is 6.21. The molecule has 1 aliphatic heterocycles. The highest BCUT2D eigenvalue weighted by atomic mass is 19.1. The highest BCUT2D eigenvalue weighted by Crippen LogP contribution is 2.22. The highest BCUT2D eigenvalue weighted by molar-refractivity contribution is 5.89. The van der Waals surface area contributed by atoms with Crippen LogP contribution in [0.5, 0.6) is 5.75 Å². The summed E-state index contributed by atoms with van der Waals surface area (Å²) in [4.78, 5) is 33.0. The van der Waals surface area contributed by atoms with Gasteiger partial charge < -0.3 is 19.9 Å². The monoisotopic (exact) mass is 452 g/mol. The number of urea groups is 1. The van der Waals surface area contributed by atoms with Gasteiger partial charge in [-0.1, -0.05) is 6.92 Å². The summed E-state index contributed by atoms with van der Waals surface area (Å²) >= 11 is 0. The fourth-order valence-corrected chi connectivity index (χ4v) is 4.41. The number of carbonyl (C=O) groups is 1. The zero-order chi connectivity index (χ0) is 23.4. The molecule has 1 saturated heterocycles. The van der Waals surface area contributed by atoms with Crippen LogP contribution in [0.25, 0.3) is 10.9 Å². The van der Waals surface area contributed by atoms with Crippen LogP contribution in [-0.2, 0) is 6.54 Å². The Labute approximate surface area is 192 Å². The van der Waals surface area contributed by atoms with Crippen LogP contribution in [0.2, 0.25) is 0 Å². The standard InChI is InChI=1S/C25H29FN4O3/c1-3-29-12-4-5-21(29)16-30(25(32)27-20-8-6-19(26)7-9-20)15-18-13-17-14-22(33-2)10-11-23(17)28-24(18)31/h6-11,13-14,21H,3-5,12,15-16H2,1-2H3,(H,27,32)(H,28,31)/t21-/m0/s1. The summed E-state index contributed by atoms with van der Waals surface area (Å²) in [6, 6.07) is 12.8. The van der Waals surface area contributed by atoms with Crippen LogP contribution in [0.3, 0.4) is 0 Å². The topological polar surface area (TPSA) is 77.7 Å². The number of pyridine rings is 1. The Morgan fingerprint density at radius 1 is 1.24 bits per heavy atom. The first-order valence-corrected chi connectivity index (χ1v) is 11.2. The van der Waals surface area contributed by atoms with E-state index in [1.807, 2.05) is 6.07 Å². The molecule has 2 heterocycles. The first-order chi connectivity index (χ1) is 16.0. The van der Waals surface area contributed by atoms with Crippen LogP contribution in [-0.4, -0.2) is 53.6 Å². The molecule has 1 aromatic heterocycles. The van der Waals surface area contributed by atoms with Crippen molar-refractivity contribution in [2.45, 2.75) is 32.4 Å². The van der Waals surface area contributed by atoms with E-state index in [1.165, 1.54) is 24.3 Å². The summed E-state index contributed by atoms with van der Waals surface area (Å²) in [7, 11) is 1.59. The Hall–Kier alpha value is -3.39. The number of rotatable bonds is 7. The summed E-state index contributed by atoms with van der Waals surface area (Å²) in [6.07, 6.45) is 2.09. The number of carbonyl (C=O) groups excluding carboxylic acids is 1. The van der Waals surface area contributed by atoms with Crippen molar-refractivity contribution in [1.29, 1.82) is 0 Å². The second kappa shape index (κ2) is 10.0. The number of fused-ring (bicyclic) bond motifs is 1. The van der Waals surface area contributed by atoms with E-state index in [0.717, 1.165) is 31.3 Å². The van der Waals surface area contributed by atoms with Gasteiger partial charge in [-0.05, 0) is 74.5 Å². The molecule has 174 valence electrons. The molecule has 2 aromatic carbocycles. The minimum atomic E-state index is -0.368. The lowest BCUT2D eigenvalue weighted by Crippen LogP contribution is -2.45. The van der Waals surface area contributed by atoms with Crippen molar-refractivity contribution in [3.05, 3.63) is 70.3 Å². The van der Waals surface area contributed by atoms with E-state index in [4.69, 9.17) is 4.74 Å². The summed E-state index contributed by atoms with van der Waals surface area (Å²) < 4.78 is 18.6. The predicted molar refractivity (Wildman–Crippen MR) is 127 cm³/mol. The molecule has 0 spiro atoms. The number of nitrogens with zero attached hydrogens (tertiary/aromatic N) is 2. The fraction of sp³-hybridized carbons (Fsp3) is 0.360. The van der Waals surface area contributed by atoms with Gasteiger partial charge in [0.1, 0.15) is 11.6 Å². The van der Waals surface area contributed by atoms with Crippen LogP contribution < -0.4 is 15.6 Å². The predicted octanol–water partition coefficient (Wildman–Crippen LogP) is 4.19. The number of hydrogen-bond acceptors (Lipinski definition) is 4. The molecule has 33 heavy (non-hydrogen) atoms. The van der Waals surface area contributed by atoms with Crippen molar-refractivity contribution < 1.29 is 13.9 Å². The molecule has 1 aliphatic rings. The molecule has 2 amide bonds. The van der Waals surface area contributed by atoms with E-state index < -0.39 is 0 Å². The van der Waals surface area contributed by atoms with Gasteiger partial charge in [0.25, 0.3) is 5.56 Å². The molecule has 1 fully saturated rings. The minimum absolute atomic E-state index is 0.156. The lowest BCUT2D eigenvalue weighted by Gasteiger charge is -2.30. The molecule has 1 atom stereocenters. The molecule has 4 rings (SSSR count). The molecule has 8 heteroatoms. The number of hydrogen-bond donors (Lipinski definition) is 2. The number of H-pyrrole nitrogens is 1. The smallest absolute Gasteiger partial charge is 0.322 e. The Kier molecular flexibility index (Phi) is 6.93. The maximum absolute atomic E-state index is 13.3. The third-order valence-electron chi connectivity index (χ3n) is 6.21. The quantitative estimate of drug-likeness (QED) is 0.563. The van der Waals surface area contributed by atoms with Crippen LogP contribution in [0.1, 0.15) is 25.3 Å². The first kappa shape index (κ1) is 22.8. The zero-order valence-electron chi connectivity index (χ0n) is 18.9. The summed E-state index contributed by atoms with van der Waals surface area (Å²) in [6.45, 7) is 4.68. The van der Waals surface area contributed by atoms with Gasteiger partial charge in [0.2, 0.25) is 0 Å². The van der Waals surface area contributed by atoms with E-state index >= 15 is 0 Å². The number of ether oxygens (including phenoxy) is 1. The van der Waals surface area contributed by atoms with Crippen molar-refractivity contribution in [3.63, 3.8) is 0 Å². The molecule has 3 aromatic rings. The van der Waals surface area contributed by atoms with Crippen molar-refractivity contribution >= 4 is 22.6 Å². The average Bonchev–Trinajstić information content (AvgIpc) is 3.27. The number of likely N-dealkylation sites (N-methyl/N-ethyl adjacent to an activating group) is 1. The van der Waals surface area contributed by atoms with Gasteiger partial charge >= 0.3 is 6.03 Å². The molecule has 2 N–H and O–H groups in total. The number of aromatic nitrogens is 1. The Bertz CT molecular complexity index is 1180. The van der Waals surface area contributed by atoms with Gasteiger partial charge in [-0.3, -0.25) is 9.69 Å². The van der Waals surface area contributed by atoms with Crippen LogP contribution in [0, 0.1) is 5.82 Å². The van der Waals surface area contributed by atoms with Gasteiger partial charge in [-0.25, -0.2) is 9.18 Å². The summed E-state index contributed by atoms with van der Waals surface area (Å²) in [5, 5.41) is 3.67. The number of amides is 2. The van der Waals surface area contributed by atoms with Crippen molar-refractivity contribution in [2.75, 3.05) is 32.1 Å². The van der Waals surface area contributed by atoms with Crippen molar-refractivity contribution in [3.8, 4) is 5.75 Å². The van der Waals surface area contributed by atoms with Crippen LogP contribution >= 0.6 is 0 Å². The van der Waals surface area contributed by atoms with Crippen LogP contribution in [0.4, 0.5) is 14.9 Å². The second-order valence-electron chi connectivity index (χ2n) is 8.32. The van der Waals surface area contributed by atoms with Crippen LogP contribution in [0.15, 0.2) is 53.3 Å². The molecule has 0 radical (unpaired) electrons. The molecule has 0 aliphatic carbocycles. The normalized spacial score (nSPS) is 16.2. The highest BCUT2D eigenvalue weighted by Gasteiger charge is 2.28. The molecular formula is C25H29FN4O3. The fourth-order valence-electron chi connectivity index (χ4n) is 4.41. The molecule has 7 nitrogen and oxygen atoms in total. The van der Waals surface area contributed by atoms with Gasteiger partial charge in [-0.15, -0.1) is 0 Å². The van der Waals surface area contributed by atoms with Crippen molar-refractivity contribution in [1.82, 2.24) is 14.8 Å². The maximum Gasteiger partial charge on any atom is 0.322 e. The van der Waals surface area contributed by atoms with Crippen molar-refractivity contribution in [2.24, 2.45) is 0 Å². The number of aromatic amines is 1. The Morgan fingerprint density at radius 2 is 2.03 bits per heavy atom. The SMILES string of the molecule is CCN1CCC[C@H]1CN(Cc1cc2cc(OC)ccc2[nH]c1=O)C(=O)Nc1ccc(F)cc1. The second-order valence-corrected chi connectivity index (χ2v) is 8.32. The van der Waals surface area contributed by atoms with Gasteiger partial charge in [0.05, 0.1) is 13.7 Å². The van der Waals surface area contributed by atoms with Gasteiger partial charge in [-0.2, -0.15) is 0 Å². The zero-order valence-corrected chi connectivity index (χ0v) is 18.9. The van der Waals surface area contributed by atoms with E-state index in [1.54, 1.807) is 30.2 Å². The Morgan fingerprint density at radius 3 is 2.76 bits per heavy atom. The number of methoxy groups -OCH3 is 1. The van der Waals surface area contributed by atoms with E-state index in [9.17, 15) is 14.0 Å². The third kappa shape index (κ3) is 5.34. The summed E-state index contributed by atoms with van der Waals surface area (Å²) in [5.74, 6) is 0.323. The molecule has 0 unspecified atom stereocenters. The lowest BCUT2D eigenvalue weighted by atomic mass is 10.1. The van der Waals surface area contributed by atoms with E-state index in [-0.39, 0.29) is 30.0 Å². The van der Waals surface area contributed by atoms with Gasteiger partial charge in [0.15, 0.2) is 0 Å². The number of nitrogens with one attached hydrogen (secondary N) is 2. The largest absolute Gasteiger partial charge is 0.497 e. The first-order valence-electron chi connectivity index (χ1n) is 11.2. The maximum atomic E-state index is 13.3. The number of halogens is 1. The molecule has 0 saturated carbocycles. The molecular weight excluding hydrogens is 423 g/mol. The number of benzene rings is 2. The average molecular weight is 453 g/mol. The lowest BCUT2D eigenvalue weighted by molar-refractivity contribution is 0.174. The number of likely N-dealkylation sites (tertiary alicyclic amines) is 1.